The van der Waals surface area contributed by atoms with Crippen molar-refractivity contribution in [1.29, 1.82) is 0 Å². The molecule has 3 aromatic carbocycles. The van der Waals surface area contributed by atoms with Gasteiger partial charge in [-0.1, -0.05) is 38.1 Å². The fourth-order valence-electron chi connectivity index (χ4n) is 4.64. The summed E-state index contributed by atoms with van der Waals surface area (Å²) in [5.74, 6) is -3.61. The number of rotatable bonds is 10. The number of aliphatic hydroxyl groups is 1. The molecule has 0 aromatic heterocycles. The van der Waals surface area contributed by atoms with Crippen LogP contribution in [0.25, 0.3) is 17.9 Å². The molecule has 4 rings (SSSR count). The molecule has 233 valence electrons. The van der Waals surface area contributed by atoms with Crippen LogP contribution in [0, 0.1) is 23.3 Å². The van der Waals surface area contributed by atoms with Crippen molar-refractivity contribution in [1.82, 2.24) is 4.90 Å². The molecule has 1 aliphatic carbocycles. The second kappa shape index (κ2) is 18.8. The number of aliphatic hydroxyl groups excluding tert-OH is 1. The Bertz CT molecular complexity index is 1350. The van der Waals surface area contributed by atoms with E-state index in [-0.39, 0.29) is 73.6 Å². The standard InChI is InChI=1S/C20H14F4O2.C14H23N2O.Y/c21-16-3-1-11(7-18(16)23)5-13-9-15(25)10-14(20(13)26)6-12-2-4-17(22)19(24)8-12;1-3-9-16(10-4-2)11-12-17-14-7-5-13(15)6-8-14;/h1-8,15,25H,9-10H2;5-8,15H,3-4,9-12H2,1-2H3;/q;-1;/b13-5+,14-6+;;. The van der Waals surface area contributed by atoms with Crippen molar-refractivity contribution in [3.8, 4) is 5.75 Å². The first-order chi connectivity index (χ1) is 20.6. The Kier molecular flexibility index (Phi) is 16.0. The van der Waals surface area contributed by atoms with E-state index in [2.05, 4.69) is 18.7 Å². The van der Waals surface area contributed by atoms with E-state index in [0.717, 1.165) is 56.3 Å². The van der Waals surface area contributed by atoms with E-state index in [0.29, 0.717) is 5.69 Å². The maximum absolute atomic E-state index is 13.3. The molecule has 0 saturated heterocycles. The Hall–Kier alpha value is -2.85. The third kappa shape index (κ3) is 11.9. The molecule has 1 saturated carbocycles. The van der Waals surface area contributed by atoms with Crippen LogP contribution in [0.5, 0.6) is 5.75 Å². The van der Waals surface area contributed by atoms with Gasteiger partial charge in [-0.25, -0.2) is 17.6 Å². The van der Waals surface area contributed by atoms with Gasteiger partial charge in [0.2, 0.25) is 0 Å². The number of nitrogens with zero attached hydrogens (tertiary/aromatic N) is 1. The minimum Gasteiger partial charge on any atom is -0.699 e. The zero-order valence-corrected chi connectivity index (χ0v) is 27.8. The second-order valence-electron chi connectivity index (χ2n) is 10.3. The van der Waals surface area contributed by atoms with Crippen LogP contribution in [-0.2, 0) is 37.5 Å². The van der Waals surface area contributed by atoms with Crippen LogP contribution in [0.3, 0.4) is 0 Å². The van der Waals surface area contributed by atoms with Gasteiger partial charge in [-0.2, -0.15) is 0 Å². The van der Waals surface area contributed by atoms with Gasteiger partial charge in [0.1, 0.15) is 12.4 Å². The molecule has 0 spiro atoms. The Balaban J connectivity index is 0.000000328. The number of hydrogen-bond donors (Lipinski definition) is 1. The van der Waals surface area contributed by atoms with Gasteiger partial charge in [0.05, 0.1) is 6.10 Å². The van der Waals surface area contributed by atoms with Crippen LogP contribution in [-0.4, -0.2) is 48.1 Å². The summed E-state index contributed by atoms with van der Waals surface area (Å²) in [5, 5.41) is 10.0. The first-order valence-corrected chi connectivity index (χ1v) is 14.3. The number of ether oxygens (including phenoxy) is 1. The predicted molar refractivity (Wildman–Crippen MR) is 162 cm³/mol. The molecular weight excluding hydrogens is 649 g/mol. The number of hydrogen-bond acceptors (Lipinski definition) is 4. The van der Waals surface area contributed by atoms with E-state index in [1.54, 1.807) is 12.1 Å². The average molecular weight is 687 g/mol. The van der Waals surface area contributed by atoms with E-state index in [9.17, 15) is 27.5 Å². The van der Waals surface area contributed by atoms with Crippen molar-refractivity contribution >= 4 is 23.6 Å². The first kappa shape index (κ1) is 37.3. The molecule has 1 aliphatic rings. The maximum Gasteiger partial charge on any atom is 0.185 e. The van der Waals surface area contributed by atoms with Gasteiger partial charge in [-0.05, 0) is 85.6 Å². The van der Waals surface area contributed by atoms with Crippen LogP contribution >= 0.6 is 0 Å². The number of carbonyl (C=O) groups excluding carboxylic acids is 1. The summed E-state index contributed by atoms with van der Waals surface area (Å²) in [6.45, 7) is 8.39. The summed E-state index contributed by atoms with van der Waals surface area (Å²) in [7, 11) is 0. The number of halogens is 4. The molecule has 0 heterocycles. The van der Waals surface area contributed by atoms with Crippen LogP contribution < -0.4 is 4.74 Å². The zero-order valence-electron chi connectivity index (χ0n) is 25.0. The molecular formula is C34H37F4N2O3Y-. The van der Waals surface area contributed by atoms with Gasteiger partial charge in [-0.15, -0.1) is 5.69 Å². The summed E-state index contributed by atoms with van der Waals surface area (Å²) < 4.78 is 58.3. The molecule has 0 bridgehead atoms. The van der Waals surface area contributed by atoms with Crippen molar-refractivity contribution in [3.05, 3.63) is 112 Å². The summed E-state index contributed by atoms with van der Waals surface area (Å²) in [6, 6.07) is 13.7. The molecule has 3 aromatic rings. The largest absolute Gasteiger partial charge is 0.699 e. The van der Waals surface area contributed by atoms with E-state index in [1.807, 2.05) is 12.1 Å². The topological polar surface area (TPSA) is 73.6 Å². The Labute approximate surface area is 281 Å². The van der Waals surface area contributed by atoms with E-state index in [1.165, 1.54) is 37.1 Å². The van der Waals surface area contributed by atoms with Gasteiger partial charge in [-0.3, -0.25) is 9.69 Å². The molecule has 1 radical (unpaired) electrons. The number of ketones is 1. The molecule has 0 amide bonds. The summed E-state index contributed by atoms with van der Waals surface area (Å²) >= 11 is 0. The van der Waals surface area contributed by atoms with Crippen LogP contribution in [0.2, 0.25) is 0 Å². The van der Waals surface area contributed by atoms with Gasteiger partial charge < -0.3 is 15.6 Å². The number of benzene rings is 3. The van der Waals surface area contributed by atoms with E-state index >= 15 is 0 Å². The average Bonchev–Trinajstić information content (AvgIpc) is 2.97. The number of Topliss-reactive ketones (excluding diaryl/α,β-unsaturated/α-hetero) is 1. The molecule has 2 N–H and O–H groups in total. The fourth-order valence-corrected chi connectivity index (χ4v) is 4.64. The quantitative estimate of drug-likeness (QED) is 0.172. The van der Waals surface area contributed by atoms with Gasteiger partial charge in [0.25, 0.3) is 0 Å². The summed E-state index contributed by atoms with van der Waals surface area (Å²) in [5.41, 5.74) is 8.93. The maximum atomic E-state index is 13.3. The van der Waals surface area contributed by atoms with E-state index in [4.69, 9.17) is 10.5 Å². The van der Waals surface area contributed by atoms with Crippen LogP contribution in [0.1, 0.15) is 50.7 Å². The van der Waals surface area contributed by atoms with Gasteiger partial charge in [0, 0.05) is 63.2 Å². The molecule has 0 atom stereocenters. The molecule has 10 heteroatoms. The number of nitrogens with one attached hydrogen (secondary N) is 1. The summed E-state index contributed by atoms with van der Waals surface area (Å²) in [4.78, 5) is 15.0. The normalized spacial score (nSPS) is 16.5. The van der Waals surface area contributed by atoms with Gasteiger partial charge >= 0.3 is 0 Å². The molecule has 0 aliphatic heterocycles. The third-order valence-electron chi connectivity index (χ3n) is 6.67. The molecule has 44 heavy (non-hydrogen) atoms. The summed E-state index contributed by atoms with van der Waals surface area (Å²) in [6.07, 6.45) is 4.42. The first-order valence-electron chi connectivity index (χ1n) is 14.3. The van der Waals surface area contributed by atoms with Crippen molar-refractivity contribution in [2.75, 3.05) is 26.2 Å². The van der Waals surface area contributed by atoms with E-state index < -0.39 is 29.4 Å². The van der Waals surface area contributed by atoms with Crippen LogP contribution in [0.4, 0.5) is 23.2 Å². The Morgan fingerprint density at radius 3 is 1.70 bits per heavy atom. The molecule has 1 fully saturated rings. The second-order valence-corrected chi connectivity index (χ2v) is 10.3. The zero-order chi connectivity index (χ0) is 31.4. The molecule has 5 nitrogen and oxygen atoms in total. The third-order valence-corrected chi connectivity index (χ3v) is 6.67. The molecule has 0 unspecified atom stereocenters. The smallest absolute Gasteiger partial charge is 0.185 e. The van der Waals surface area contributed by atoms with Gasteiger partial charge in [0.15, 0.2) is 29.1 Å². The Morgan fingerprint density at radius 2 is 1.27 bits per heavy atom. The number of carbonyl (C=O) groups is 1. The fraction of sp³-hybridized carbons (Fsp3) is 0.324. The minimum atomic E-state index is -1.04. The van der Waals surface area contributed by atoms with Crippen molar-refractivity contribution in [3.63, 3.8) is 0 Å². The Morgan fingerprint density at radius 1 is 0.795 bits per heavy atom. The van der Waals surface area contributed by atoms with Crippen molar-refractivity contribution in [2.45, 2.75) is 45.6 Å². The minimum absolute atomic E-state index is 0. The monoisotopic (exact) mass is 686 g/mol. The van der Waals surface area contributed by atoms with Crippen molar-refractivity contribution in [2.24, 2.45) is 0 Å². The SMILES string of the molecule is CCCN(CCC)CCOc1ccc([NH-])cc1.O=C1/C(=C/c2ccc(F)c(F)c2)CC(O)C/C1=C\c1ccc(F)c(F)c1.[Y]. The van der Waals surface area contributed by atoms with Crippen LogP contribution in [0.15, 0.2) is 71.8 Å². The van der Waals surface area contributed by atoms with Crippen molar-refractivity contribution < 1.29 is 64.9 Å². The predicted octanol–water partition coefficient (Wildman–Crippen LogP) is 8.30.